The van der Waals surface area contributed by atoms with Crippen molar-refractivity contribution in [1.82, 2.24) is 5.32 Å². The number of hydrogen-bond donors (Lipinski definition) is 1. The molecule has 0 amide bonds. The van der Waals surface area contributed by atoms with Crippen molar-refractivity contribution < 1.29 is 0 Å². The van der Waals surface area contributed by atoms with Gasteiger partial charge in [0.05, 0.1) is 0 Å². The summed E-state index contributed by atoms with van der Waals surface area (Å²) in [5, 5.41) is 3.97. The molecule has 0 radical (unpaired) electrons. The zero-order valence-corrected chi connectivity index (χ0v) is 15.5. The first-order valence-corrected chi connectivity index (χ1v) is 11.5. The van der Waals surface area contributed by atoms with Gasteiger partial charge in [0, 0.05) is 0 Å². The van der Waals surface area contributed by atoms with E-state index >= 15 is 0 Å². The molecule has 0 aromatic carbocycles. The molecule has 1 nitrogen and oxygen atoms in total. The van der Waals surface area contributed by atoms with Gasteiger partial charge in [-0.3, -0.25) is 0 Å². The number of hydrogen-bond acceptors (Lipinski definition) is 1. The van der Waals surface area contributed by atoms with Gasteiger partial charge < -0.3 is 5.32 Å². The molecule has 1 N–H and O–H groups in total. The second kappa shape index (κ2) is 5.73. The summed E-state index contributed by atoms with van der Waals surface area (Å²) in [6.45, 7) is 2.69. The van der Waals surface area contributed by atoms with Gasteiger partial charge in [0.1, 0.15) is 0 Å². The molecule has 0 saturated heterocycles. The summed E-state index contributed by atoms with van der Waals surface area (Å²) in [4.78, 5) is 0. The summed E-state index contributed by atoms with van der Waals surface area (Å²) in [5.41, 5.74) is 0. The molecule has 0 spiro atoms. The number of rotatable bonds is 5. The first-order chi connectivity index (χ1) is 11.8. The van der Waals surface area contributed by atoms with Crippen molar-refractivity contribution in [2.75, 3.05) is 13.1 Å². The lowest BCUT2D eigenvalue weighted by Gasteiger charge is -2.55. The molecule has 0 heterocycles. The molecule has 0 aliphatic heterocycles. The van der Waals surface area contributed by atoms with E-state index in [1.807, 2.05) is 0 Å². The minimum Gasteiger partial charge on any atom is -0.316 e. The van der Waals surface area contributed by atoms with E-state index in [0.717, 1.165) is 59.2 Å². The summed E-state index contributed by atoms with van der Waals surface area (Å²) in [6.07, 6.45) is 17.5. The normalized spacial score (nSPS) is 57.0. The second-order valence-corrected chi connectivity index (χ2v) is 11.2. The van der Waals surface area contributed by atoms with E-state index in [9.17, 15) is 0 Å². The third-order valence-electron chi connectivity index (χ3n) is 9.88. The largest absolute Gasteiger partial charge is 0.316 e. The first-order valence-electron chi connectivity index (χ1n) is 11.5. The molecular weight excluding hydrogens is 290 g/mol. The Morgan fingerprint density at radius 3 is 1.38 bits per heavy atom. The van der Waals surface area contributed by atoms with Gasteiger partial charge in [-0.1, -0.05) is 0 Å². The Labute approximate surface area is 148 Å². The van der Waals surface area contributed by atoms with Crippen LogP contribution >= 0.6 is 0 Å². The van der Waals surface area contributed by atoms with Crippen LogP contribution in [0.25, 0.3) is 0 Å². The Hall–Kier alpha value is -0.0400. The van der Waals surface area contributed by atoms with Gasteiger partial charge in [0.15, 0.2) is 0 Å². The molecule has 8 bridgehead atoms. The van der Waals surface area contributed by atoms with E-state index in [1.165, 1.54) is 19.5 Å². The van der Waals surface area contributed by atoms with Crippen LogP contribution in [-0.4, -0.2) is 13.1 Å². The van der Waals surface area contributed by atoms with Crippen molar-refractivity contribution in [2.24, 2.45) is 59.2 Å². The third-order valence-corrected chi connectivity index (χ3v) is 9.88. The maximum atomic E-state index is 3.97. The predicted molar refractivity (Wildman–Crippen MR) is 98.6 cm³/mol. The van der Waals surface area contributed by atoms with Crippen LogP contribution in [-0.2, 0) is 0 Å². The number of nitrogens with one attached hydrogen (secondary N) is 1. The highest BCUT2D eigenvalue weighted by molar-refractivity contribution is 5.00. The average molecular weight is 328 g/mol. The summed E-state index contributed by atoms with van der Waals surface area (Å²) in [5.74, 6) is 11.2. The maximum Gasteiger partial charge on any atom is -0.00152 e. The summed E-state index contributed by atoms with van der Waals surface area (Å²) in [7, 11) is 0. The van der Waals surface area contributed by atoms with Gasteiger partial charge >= 0.3 is 0 Å². The van der Waals surface area contributed by atoms with Crippen LogP contribution in [0.4, 0.5) is 0 Å². The van der Waals surface area contributed by atoms with Crippen LogP contribution in [0.1, 0.15) is 70.6 Å². The Balaban J connectivity index is 1.01. The molecule has 8 aliphatic carbocycles. The Morgan fingerprint density at radius 2 is 0.917 bits per heavy atom. The highest BCUT2D eigenvalue weighted by atomic mass is 14.9. The standard InChI is InChI=1S/C23H37N/c1(22-18-5-14-3-15(7-18)8-19(22)6-14)2-24-13-23-20-9-16-4-17(11-20)12-21(23)10-16/h14-24H,1-13H2. The van der Waals surface area contributed by atoms with Crippen molar-refractivity contribution in [2.45, 2.75) is 70.6 Å². The molecule has 0 atom stereocenters. The Bertz CT molecular complexity index is 382. The van der Waals surface area contributed by atoms with E-state index in [-0.39, 0.29) is 0 Å². The summed E-state index contributed by atoms with van der Waals surface area (Å²) in [6, 6.07) is 0. The van der Waals surface area contributed by atoms with Crippen molar-refractivity contribution in [3.63, 3.8) is 0 Å². The van der Waals surface area contributed by atoms with Gasteiger partial charge in [-0.2, -0.15) is 0 Å². The van der Waals surface area contributed by atoms with Crippen molar-refractivity contribution in [3.05, 3.63) is 0 Å². The van der Waals surface area contributed by atoms with Gasteiger partial charge in [-0.15, -0.1) is 0 Å². The molecule has 0 aromatic heterocycles. The van der Waals surface area contributed by atoms with Gasteiger partial charge in [-0.25, -0.2) is 0 Å². The van der Waals surface area contributed by atoms with Gasteiger partial charge in [-0.05, 0) is 143 Å². The minimum atomic E-state index is 1.05. The molecule has 0 aromatic rings. The fraction of sp³-hybridized carbons (Fsp3) is 1.00. The second-order valence-electron chi connectivity index (χ2n) is 11.2. The van der Waals surface area contributed by atoms with Crippen LogP contribution in [0.15, 0.2) is 0 Å². The molecule has 1 heteroatoms. The Morgan fingerprint density at radius 1 is 0.500 bits per heavy atom. The third kappa shape index (κ3) is 2.43. The molecule has 24 heavy (non-hydrogen) atoms. The summed E-state index contributed by atoms with van der Waals surface area (Å²) < 4.78 is 0. The lowest BCUT2D eigenvalue weighted by molar-refractivity contribution is -0.0430. The zero-order valence-electron chi connectivity index (χ0n) is 15.5. The zero-order chi connectivity index (χ0) is 15.7. The van der Waals surface area contributed by atoms with Gasteiger partial charge in [0.2, 0.25) is 0 Å². The molecule has 134 valence electrons. The van der Waals surface area contributed by atoms with E-state index < -0.39 is 0 Å². The van der Waals surface area contributed by atoms with Crippen LogP contribution in [0.5, 0.6) is 0 Å². The van der Waals surface area contributed by atoms with Crippen LogP contribution in [0, 0.1) is 59.2 Å². The quantitative estimate of drug-likeness (QED) is 0.692. The molecule has 0 unspecified atom stereocenters. The van der Waals surface area contributed by atoms with Crippen LogP contribution in [0.3, 0.4) is 0 Å². The molecule has 8 saturated carbocycles. The lowest BCUT2D eigenvalue weighted by Crippen LogP contribution is -2.49. The molecule has 8 aliphatic rings. The fourth-order valence-electron chi connectivity index (χ4n) is 9.42. The maximum absolute atomic E-state index is 3.97. The van der Waals surface area contributed by atoms with Gasteiger partial charge in [0.25, 0.3) is 0 Å². The smallest absolute Gasteiger partial charge is 0.00152 e. The van der Waals surface area contributed by atoms with Crippen LogP contribution < -0.4 is 5.32 Å². The van der Waals surface area contributed by atoms with Crippen molar-refractivity contribution >= 4 is 0 Å². The average Bonchev–Trinajstić information content (AvgIpc) is 2.54. The van der Waals surface area contributed by atoms with Crippen LogP contribution in [0.2, 0.25) is 0 Å². The first kappa shape index (κ1) is 15.1. The fourth-order valence-corrected chi connectivity index (χ4v) is 9.42. The van der Waals surface area contributed by atoms with E-state index in [4.69, 9.17) is 0 Å². The SMILES string of the molecule is C(CC1C2CC3CC(C2)CC1C3)NCC1C2CC3CC(C2)CC1C3. The molecular formula is C23H37N. The van der Waals surface area contributed by atoms with E-state index in [2.05, 4.69) is 5.32 Å². The summed E-state index contributed by atoms with van der Waals surface area (Å²) >= 11 is 0. The predicted octanol–water partition coefficient (Wildman–Crippen LogP) is 5.11. The topological polar surface area (TPSA) is 12.0 Å². The van der Waals surface area contributed by atoms with E-state index in [1.54, 1.807) is 64.2 Å². The highest BCUT2D eigenvalue weighted by Crippen LogP contribution is 2.58. The Kier molecular flexibility index (Phi) is 3.60. The highest BCUT2D eigenvalue weighted by Gasteiger charge is 2.49. The molecule has 8 rings (SSSR count). The van der Waals surface area contributed by atoms with Crippen molar-refractivity contribution in [3.8, 4) is 0 Å². The lowest BCUT2D eigenvalue weighted by atomic mass is 9.51. The van der Waals surface area contributed by atoms with E-state index in [0.29, 0.717) is 0 Å². The monoisotopic (exact) mass is 327 g/mol. The minimum absolute atomic E-state index is 1.05. The van der Waals surface area contributed by atoms with Crippen molar-refractivity contribution in [1.29, 1.82) is 0 Å². The molecule has 8 fully saturated rings.